The number of rotatable bonds is 7. The maximum atomic E-state index is 11.8. The second-order valence-electron chi connectivity index (χ2n) is 5.30. The molecule has 3 heterocycles. The molecule has 3 aromatic heterocycles. The molecule has 124 valence electrons. The van der Waals surface area contributed by atoms with Gasteiger partial charge in [0.25, 0.3) is 0 Å². The molecule has 0 saturated heterocycles. The van der Waals surface area contributed by atoms with Crippen LogP contribution in [0.25, 0.3) is 11.5 Å². The first-order chi connectivity index (χ1) is 11.7. The Morgan fingerprint density at radius 1 is 1.33 bits per heavy atom. The van der Waals surface area contributed by atoms with Crippen LogP contribution in [0.15, 0.2) is 41.2 Å². The minimum atomic E-state index is -0.0346. The van der Waals surface area contributed by atoms with Crippen LogP contribution in [0.2, 0.25) is 0 Å². The molecule has 3 rings (SSSR count). The van der Waals surface area contributed by atoms with Gasteiger partial charge in [-0.25, -0.2) is 0 Å². The summed E-state index contributed by atoms with van der Waals surface area (Å²) in [5, 5.41) is 11.0. The molecule has 0 aliphatic rings. The van der Waals surface area contributed by atoms with Gasteiger partial charge in [0.2, 0.25) is 17.6 Å². The van der Waals surface area contributed by atoms with Gasteiger partial charge in [-0.05, 0) is 25.1 Å². The average Bonchev–Trinajstić information content (AvgIpc) is 3.23. The molecule has 0 spiro atoms. The highest BCUT2D eigenvalue weighted by atomic mass is 16.5. The molecular weight excluding hydrogens is 308 g/mol. The molecule has 0 aromatic carbocycles. The van der Waals surface area contributed by atoms with Gasteiger partial charge in [-0.2, -0.15) is 10.1 Å². The van der Waals surface area contributed by atoms with Gasteiger partial charge in [0.15, 0.2) is 0 Å². The van der Waals surface area contributed by atoms with Gasteiger partial charge < -0.3 is 9.84 Å². The van der Waals surface area contributed by atoms with E-state index in [-0.39, 0.29) is 5.91 Å². The van der Waals surface area contributed by atoms with Crippen LogP contribution >= 0.6 is 0 Å². The largest absolute Gasteiger partial charge is 0.356 e. The zero-order valence-electron chi connectivity index (χ0n) is 13.3. The molecule has 1 N–H and O–H groups in total. The molecule has 8 heteroatoms. The maximum Gasteiger partial charge on any atom is 0.228 e. The molecular formula is C16H18N6O2. The predicted octanol–water partition coefficient (Wildman–Crippen LogP) is 1.39. The van der Waals surface area contributed by atoms with Crippen molar-refractivity contribution < 1.29 is 9.32 Å². The molecule has 0 radical (unpaired) electrons. The van der Waals surface area contributed by atoms with Gasteiger partial charge in [0.1, 0.15) is 5.69 Å². The number of hydrogen-bond donors (Lipinski definition) is 1. The van der Waals surface area contributed by atoms with Gasteiger partial charge in [-0.3, -0.25) is 14.5 Å². The summed E-state index contributed by atoms with van der Waals surface area (Å²) in [6.07, 6.45) is 4.39. The van der Waals surface area contributed by atoms with Crippen LogP contribution in [-0.4, -0.2) is 37.4 Å². The molecule has 24 heavy (non-hydrogen) atoms. The van der Waals surface area contributed by atoms with Gasteiger partial charge >= 0.3 is 0 Å². The van der Waals surface area contributed by atoms with Crippen molar-refractivity contribution in [3.63, 3.8) is 0 Å². The van der Waals surface area contributed by atoms with Gasteiger partial charge in [-0.15, -0.1) is 0 Å². The minimum Gasteiger partial charge on any atom is -0.356 e. The van der Waals surface area contributed by atoms with Crippen LogP contribution in [0.4, 0.5) is 0 Å². The van der Waals surface area contributed by atoms with Crippen molar-refractivity contribution in [1.82, 2.24) is 30.2 Å². The van der Waals surface area contributed by atoms with Crippen LogP contribution in [0.3, 0.4) is 0 Å². The minimum absolute atomic E-state index is 0.0346. The lowest BCUT2D eigenvalue weighted by atomic mass is 10.3. The van der Waals surface area contributed by atoms with Gasteiger partial charge in [-0.1, -0.05) is 11.2 Å². The molecule has 3 aromatic rings. The van der Waals surface area contributed by atoms with E-state index in [2.05, 4.69) is 25.5 Å². The van der Waals surface area contributed by atoms with Crippen LogP contribution in [-0.2, 0) is 17.8 Å². The fourth-order valence-corrected chi connectivity index (χ4v) is 2.16. The van der Waals surface area contributed by atoms with Crippen molar-refractivity contribution in [2.24, 2.45) is 0 Å². The normalized spacial score (nSPS) is 10.7. The Balaban J connectivity index is 1.41. The van der Waals surface area contributed by atoms with E-state index in [0.717, 1.165) is 5.69 Å². The number of nitrogens with one attached hydrogen (secondary N) is 1. The van der Waals surface area contributed by atoms with E-state index in [4.69, 9.17) is 4.52 Å². The highest BCUT2D eigenvalue weighted by Crippen LogP contribution is 2.11. The average molecular weight is 326 g/mol. The Morgan fingerprint density at radius 3 is 3.00 bits per heavy atom. The lowest BCUT2D eigenvalue weighted by molar-refractivity contribution is -0.121. The SMILES string of the molecule is Cc1ccn(CCC(=O)NCCc2nc(-c3ccccn3)no2)n1. The van der Waals surface area contributed by atoms with E-state index in [1.807, 2.05) is 37.4 Å². The fraction of sp³-hybridized carbons (Fsp3) is 0.312. The number of carbonyl (C=O) groups excluding carboxylic acids is 1. The molecule has 0 aliphatic heterocycles. The zero-order chi connectivity index (χ0) is 16.8. The van der Waals surface area contributed by atoms with E-state index in [9.17, 15) is 4.79 Å². The number of pyridine rings is 1. The monoisotopic (exact) mass is 326 g/mol. The summed E-state index contributed by atoms with van der Waals surface area (Å²) < 4.78 is 6.92. The molecule has 0 unspecified atom stereocenters. The Kier molecular flexibility index (Phi) is 4.95. The maximum absolute atomic E-state index is 11.8. The Bertz CT molecular complexity index is 796. The third-order valence-electron chi connectivity index (χ3n) is 3.37. The van der Waals surface area contributed by atoms with Crippen LogP contribution in [0.1, 0.15) is 18.0 Å². The highest BCUT2D eigenvalue weighted by Gasteiger charge is 2.09. The molecule has 0 bridgehead atoms. The smallest absolute Gasteiger partial charge is 0.228 e. The Labute approximate surface area is 138 Å². The second-order valence-corrected chi connectivity index (χ2v) is 5.30. The number of hydrogen-bond acceptors (Lipinski definition) is 6. The number of aromatic nitrogens is 5. The van der Waals surface area contributed by atoms with Crippen LogP contribution in [0.5, 0.6) is 0 Å². The van der Waals surface area contributed by atoms with Crippen molar-refractivity contribution in [2.45, 2.75) is 26.3 Å². The first-order valence-corrected chi connectivity index (χ1v) is 7.71. The van der Waals surface area contributed by atoms with Crippen molar-refractivity contribution in [2.75, 3.05) is 6.54 Å². The van der Waals surface area contributed by atoms with Crippen molar-refractivity contribution in [3.05, 3.63) is 48.2 Å². The van der Waals surface area contributed by atoms with Crippen LogP contribution in [0, 0.1) is 6.92 Å². The molecule has 8 nitrogen and oxygen atoms in total. The summed E-state index contributed by atoms with van der Waals surface area (Å²) in [7, 11) is 0. The summed E-state index contributed by atoms with van der Waals surface area (Å²) in [6, 6.07) is 7.41. The molecule has 0 atom stereocenters. The fourth-order valence-electron chi connectivity index (χ4n) is 2.16. The third-order valence-corrected chi connectivity index (χ3v) is 3.37. The Hall–Kier alpha value is -3.03. The van der Waals surface area contributed by atoms with E-state index in [1.54, 1.807) is 10.9 Å². The number of aryl methyl sites for hydroxylation is 2. The lowest BCUT2D eigenvalue weighted by Crippen LogP contribution is -2.26. The molecule has 0 saturated carbocycles. The van der Waals surface area contributed by atoms with E-state index < -0.39 is 0 Å². The van der Waals surface area contributed by atoms with Crippen LogP contribution < -0.4 is 5.32 Å². The van der Waals surface area contributed by atoms with Gasteiger partial charge in [0, 0.05) is 38.3 Å². The van der Waals surface area contributed by atoms with E-state index in [0.29, 0.717) is 43.3 Å². The number of carbonyl (C=O) groups is 1. The lowest BCUT2D eigenvalue weighted by Gasteiger charge is -2.03. The summed E-state index contributed by atoms with van der Waals surface area (Å²) in [5.74, 6) is 0.886. The third kappa shape index (κ3) is 4.25. The topological polar surface area (TPSA) is 98.7 Å². The zero-order valence-corrected chi connectivity index (χ0v) is 13.3. The second kappa shape index (κ2) is 7.49. The number of amides is 1. The van der Waals surface area contributed by atoms with E-state index >= 15 is 0 Å². The standard InChI is InChI=1S/C16H18N6O2/c1-12-6-10-22(20-12)11-7-14(23)18-9-5-15-19-16(21-24-15)13-4-2-3-8-17-13/h2-4,6,8,10H,5,7,9,11H2,1H3,(H,18,23). The van der Waals surface area contributed by atoms with Gasteiger partial charge in [0.05, 0.1) is 5.69 Å². The molecule has 0 fully saturated rings. The van der Waals surface area contributed by atoms with E-state index in [1.165, 1.54) is 0 Å². The van der Waals surface area contributed by atoms with Crippen molar-refractivity contribution in [1.29, 1.82) is 0 Å². The Morgan fingerprint density at radius 2 is 2.25 bits per heavy atom. The summed E-state index contributed by atoms with van der Waals surface area (Å²) in [6.45, 7) is 2.92. The first-order valence-electron chi connectivity index (χ1n) is 7.71. The molecule has 0 aliphatic carbocycles. The first kappa shape index (κ1) is 15.9. The van der Waals surface area contributed by atoms with Crippen molar-refractivity contribution >= 4 is 5.91 Å². The summed E-state index contributed by atoms with van der Waals surface area (Å²) in [4.78, 5) is 20.2. The number of nitrogens with zero attached hydrogens (tertiary/aromatic N) is 5. The molecule has 1 amide bonds. The summed E-state index contributed by atoms with van der Waals surface area (Å²) >= 11 is 0. The van der Waals surface area contributed by atoms with Crippen molar-refractivity contribution in [3.8, 4) is 11.5 Å². The highest BCUT2D eigenvalue weighted by molar-refractivity contribution is 5.75. The summed E-state index contributed by atoms with van der Waals surface area (Å²) in [5.41, 5.74) is 1.60. The predicted molar refractivity (Wildman–Crippen MR) is 85.8 cm³/mol. The quantitative estimate of drug-likeness (QED) is 0.704.